The molecule has 6 heteroatoms. The van der Waals surface area contributed by atoms with Crippen molar-refractivity contribution in [2.45, 2.75) is 18.7 Å². The fourth-order valence-electron chi connectivity index (χ4n) is 0.933. The minimum Gasteiger partial charge on any atom is -0.362 e. The predicted octanol–water partition coefficient (Wildman–Crippen LogP) is 0.992. The van der Waals surface area contributed by atoms with Crippen LogP contribution in [0.4, 0.5) is 0 Å². The van der Waals surface area contributed by atoms with Crippen molar-refractivity contribution in [3.63, 3.8) is 0 Å². The van der Waals surface area contributed by atoms with Gasteiger partial charge in [-0.3, -0.25) is 0 Å². The van der Waals surface area contributed by atoms with Gasteiger partial charge < -0.3 is 10.0 Å². The number of hydrogen-bond acceptors (Lipinski definition) is 5. The number of nitrogens with two attached hydrogens (primary N) is 1. The van der Waals surface area contributed by atoms with Crippen molar-refractivity contribution in [3.8, 4) is 0 Å². The van der Waals surface area contributed by atoms with E-state index in [4.69, 9.17) is 5.84 Å². The van der Waals surface area contributed by atoms with E-state index in [1.807, 2.05) is 6.92 Å². The van der Waals surface area contributed by atoms with Gasteiger partial charge in [0.25, 0.3) is 0 Å². The van der Waals surface area contributed by atoms with Crippen molar-refractivity contribution in [2.75, 3.05) is 0 Å². The van der Waals surface area contributed by atoms with Gasteiger partial charge in [-0.25, -0.2) is 0 Å². The molecule has 0 amide bonds. The van der Waals surface area contributed by atoms with E-state index in [0.717, 1.165) is 5.56 Å². The zero-order chi connectivity index (χ0) is 11.5. The van der Waals surface area contributed by atoms with Gasteiger partial charge in [-0.1, -0.05) is 17.7 Å². The third kappa shape index (κ3) is 2.95. The van der Waals surface area contributed by atoms with Gasteiger partial charge in [0, 0.05) is 6.92 Å². The first-order valence-electron chi connectivity index (χ1n) is 4.21. The molecule has 0 atom stereocenters. The Balaban J connectivity index is 3.02. The summed E-state index contributed by atoms with van der Waals surface area (Å²) in [6.07, 6.45) is 0. The summed E-state index contributed by atoms with van der Waals surface area (Å²) in [7, 11) is -3.80. The lowest BCUT2D eigenvalue weighted by atomic mass is 10.2. The van der Waals surface area contributed by atoms with E-state index in [9.17, 15) is 8.42 Å². The molecule has 1 aromatic rings. The Bertz CT molecular complexity index is 463. The van der Waals surface area contributed by atoms with Crippen LogP contribution in [0.15, 0.2) is 34.3 Å². The van der Waals surface area contributed by atoms with Crippen molar-refractivity contribution in [1.29, 1.82) is 0 Å². The van der Waals surface area contributed by atoms with Gasteiger partial charge in [-0.05, 0) is 19.1 Å². The largest absolute Gasteiger partial charge is 0.362 e. The summed E-state index contributed by atoms with van der Waals surface area (Å²) in [5.74, 6) is 4.78. The van der Waals surface area contributed by atoms with Gasteiger partial charge in [0.05, 0.1) is 0 Å². The summed E-state index contributed by atoms with van der Waals surface area (Å²) in [6.45, 7) is 3.23. The molecule has 0 aliphatic rings. The van der Waals surface area contributed by atoms with E-state index in [2.05, 4.69) is 9.28 Å². The highest BCUT2D eigenvalue weighted by atomic mass is 32.2. The van der Waals surface area contributed by atoms with E-state index in [1.165, 1.54) is 19.1 Å². The minimum absolute atomic E-state index is 0.0797. The molecule has 0 fully saturated rings. The number of aryl methyl sites for hydroxylation is 1. The van der Waals surface area contributed by atoms with Crippen LogP contribution in [0.1, 0.15) is 12.5 Å². The van der Waals surface area contributed by atoms with Crippen LogP contribution in [-0.4, -0.2) is 14.3 Å². The molecule has 0 saturated heterocycles. The average Bonchev–Trinajstić information content (AvgIpc) is 2.17. The average molecular weight is 228 g/mol. The maximum Gasteiger partial charge on any atom is 0.340 e. The highest BCUT2D eigenvalue weighted by Crippen LogP contribution is 2.13. The highest BCUT2D eigenvalue weighted by Gasteiger charge is 2.16. The van der Waals surface area contributed by atoms with E-state index in [0.29, 0.717) is 0 Å². The fourth-order valence-corrected chi connectivity index (χ4v) is 1.86. The number of hydrazone groups is 1. The van der Waals surface area contributed by atoms with E-state index in [1.54, 1.807) is 12.1 Å². The lowest BCUT2D eigenvalue weighted by Gasteiger charge is -2.05. The van der Waals surface area contributed by atoms with Gasteiger partial charge >= 0.3 is 10.1 Å². The summed E-state index contributed by atoms with van der Waals surface area (Å²) < 4.78 is 27.7. The Morgan fingerprint density at radius 3 is 2.33 bits per heavy atom. The normalized spacial score (nSPS) is 12.5. The van der Waals surface area contributed by atoms with Gasteiger partial charge in [-0.15, -0.1) is 5.10 Å². The van der Waals surface area contributed by atoms with Crippen LogP contribution in [0.5, 0.6) is 0 Å². The second-order valence-corrected chi connectivity index (χ2v) is 4.54. The zero-order valence-electron chi connectivity index (χ0n) is 8.47. The standard InChI is InChI=1S/C9H12N2O3S/c1-7-3-5-9(6-4-7)15(12,13)14-8(2)11-10/h3-6H,10H2,1-2H3. The third-order valence-electron chi connectivity index (χ3n) is 1.72. The molecule has 5 nitrogen and oxygen atoms in total. The maximum atomic E-state index is 11.6. The first kappa shape index (κ1) is 11.5. The SMILES string of the molecule is CC(=NN)OS(=O)(=O)c1ccc(C)cc1. The van der Waals surface area contributed by atoms with Gasteiger partial charge in [-0.2, -0.15) is 8.42 Å². The molecule has 0 aromatic heterocycles. The molecule has 0 unspecified atom stereocenters. The Morgan fingerprint density at radius 2 is 1.87 bits per heavy atom. The van der Waals surface area contributed by atoms with Crippen LogP contribution in [0, 0.1) is 6.92 Å². The van der Waals surface area contributed by atoms with Crippen molar-refractivity contribution < 1.29 is 12.6 Å². The lowest BCUT2D eigenvalue weighted by molar-refractivity contribution is 0.479. The smallest absolute Gasteiger partial charge is 0.340 e. The predicted molar refractivity (Wildman–Crippen MR) is 56.7 cm³/mol. The molecule has 0 radical (unpaired) electrons. The second-order valence-electron chi connectivity index (χ2n) is 3.00. The maximum absolute atomic E-state index is 11.6. The Labute approximate surface area is 88.7 Å². The fraction of sp³-hybridized carbons (Fsp3) is 0.222. The van der Waals surface area contributed by atoms with E-state index >= 15 is 0 Å². The van der Waals surface area contributed by atoms with Crippen LogP contribution in [0.3, 0.4) is 0 Å². The summed E-state index contributed by atoms with van der Waals surface area (Å²) in [6, 6.07) is 6.30. The Kier molecular flexibility index (Phi) is 3.31. The van der Waals surface area contributed by atoms with Crippen LogP contribution >= 0.6 is 0 Å². The summed E-state index contributed by atoms with van der Waals surface area (Å²) >= 11 is 0. The number of benzene rings is 1. The minimum atomic E-state index is -3.80. The highest BCUT2D eigenvalue weighted by molar-refractivity contribution is 7.87. The summed E-state index contributed by atoms with van der Waals surface area (Å²) in [4.78, 5) is 0.0797. The number of rotatable bonds is 2. The van der Waals surface area contributed by atoms with Crippen LogP contribution in [-0.2, 0) is 14.3 Å². The molecular weight excluding hydrogens is 216 g/mol. The van der Waals surface area contributed by atoms with Crippen LogP contribution in [0.25, 0.3) is 0 Å². The molecule has 82 valence electrons. The molecule has 1 rings (SSSR count). The van der Waals surface area contributed by atoms with Crippen LogP contribution < -0.4 is 5.84 Å². The molecule has 0 spiro atoms. The molecule has 0 saturated carbocycles. The quantitative estimate of drug-likeness (QED) is 0.269. The molecule has 0 heterocycles. The number of hydrogen-bond donors (Lipinski definition) is 1. The van der Waals surface area contributed by atoms with Crippen molar-refractivity contribution in [3.05, 3.63) is 29.8 Å². The van der Waals surface area contributed by atoms with Gasteiger partial charge in [0.2, 0.25) is 5.90 Å². The lowest BCUT2D eigenvalue weighted by Crippen LogP contribution is -2.12. The number of nitrogens with zero attached hydrogens (tertiary/aromatic N) is 1. The van der Waals surface area contributed by atoms with E-state index < -0.39 is 10.1 Å². The summed E-state index contributed by atoms with van der Waals surface area (Å²) in [5.41, 5.74) is 0.971. The Hall–Kier alpha value is -1.56. The molecular formula is C9H12N2O3S. The monoisotopic (exact) mass is 228 g/mol. The van der Waals surface area contributed by atoms with Gasteiger partial charge in [0.1, 0.15) is 4.90 Å². The Morgan fingerprint density at radius 1 is 1.33 bits per heavy atom. The molecule has 2 N–H and O–H groups in total. The molecule has 0 aliphatic heterocycles. The topological polar surface area (TPSA) is 81.8 Å². The van der Waals surface area contributed by atoms with E-state index in [-0.39, 0.29) is 10.8 Å². The third-order valence-corrected chi connectivity index (χ3v) is 3.03. The van der Waals surface area contributed by atoms with Crippen molar-refractivity contribution >= 4 is 16.0 Å². The van der Waals surface area contributed by atoms with Gasteiger partial charge in [0.15, 0.2) is 0 Å². The first-order valence-corrected chi connectivity index (χ1v) is 5.62. The van der Waals surface area contributed by atoms with Crippen LogP contribution in [0.2, 0.25) is 0 Å². The second kappa shape index (κ2) is 4.31. The molecule has 15 heavy (non-hydrogen) atoms. The van der Waals surface area contributed by atoms with Crippen molar-refractivity contribution in [1.82, 2.24) is 0 Å². The van der Waals surface area contributed by atoms with Crippen molar-refractivity contribution in [2.24, 2.45) is 10.9 Å². The first-order chi connectivity index (χ1) is 6.95. The zero-order valence-corrected chi connectivity index (χ0v) is 9.28. The molecule has 0 aliphatic carbocycles. The molecule has 0 bridgehead atoms. The molecule has 1 aromatic carbocycles. The summed E-state index contributed by atoms with van der Waals surface area (Å²) in [5, 5.41) is 3.13.